The quantitative estimate of drug-likeness (QED) is 0.831. The molecule has 3 fully saturated rings. The largest absolute Gasteiger partial charge is 0.381 e. The van der Waals surface area contributed by atoms with Crippen LogP contribution in [0.4, 0.5) is 4.39 Å². The highest BCUT2D eigenvalue weighted by molar-refractivity contribution is 5.81. The molecule has 3 aliphatic rings. The summed E-state index contributed by atoms with van der Waals surface area (Å²) >= 11 is 0. The molecule has 1 atom stereocenters. The number of carbonyl (C=O) groups is 2. The number of benzene rings is 1. The lowest BCUT2D eigenvalue weighted by atomic mass is 9.84. The van der Waals surface area contributed by atoms with Gasteiger partial charge in [0.15, 0.2) is 0 Å². The first-order valence-corrected chi connectivity index (χ1v) is 9.49. The summed E-state index contributed by atoms with van der Waals surface area (Å²) in [6, 6.07) is 6.36. The van der Waals surface area contributed by atoms with Gasteiger partial charge >= 0.3 is 0 Å². The van der Waals surface area contributed by atoms with Gasteiger partial charge in [-0.3, -0.25) is 9.59 Å². The fourth-order valence-corrected chi connectivity index (χ4v) is 4.55. The number of halogens is 1. The molecule has 0 bridgehead atoms. The molecule has 1 aromatic rings. The summed E-state index contributed by atoms with van der Waals surface area (Å²) in [5.74, 6) is 0.105. The second kappa shape index (κ2) is 6.99. The minimum atomic E-state index is -0.265. The van der Waals surface area contributed by atoms with Crippen LogP contribution in [0.25, 0.3) is 0 Å². The van der Waals surface area contributed by atoms with E-state index >= 15 is 0 Å². The molecule has 2 amide bonds. The molecule has 3 saturated heterocycles. The molecule has 0 aliphatic carbocycles. The summed E-state index contributed by atoms with van der Waals surface area (Å²) in [7, 11) is 0. The highest BCUT2D eigenvalue weighted by Crippen LogP contribution is 2.40. The predicted molar refractivity (Wildman–Crippen MR) is 93.7 cm³/mol. The van der Waals surface area contributed by atoms with Crippen LogP contribution in [0.3, 0.4) is 0 Å². The van der Waals surface area contributed by atoms with Gasteiger partial charge < -0.3 is 14.5 Å². The lowest BCUT2D eigenvalue weighted by molar-refractivity contribution is -0.140. The molecule has 0 radical (unpaired) electrons. The summed E-state index contributed by atoms with van der Waals surface area (Å²) in [6.07, 6.45) is 3.86. The Morgan fingerprint density at radius 2 is 1.92 bits per heavy atom. The topological polar surface area (TPSA) is 49.9 Å². The van der Waals surface area contributed by atoms with Crippen LogP contribution >= 0.6 is 0 Å². The highest BCUT2D eigenvalue weighted by atomic mass is 19.1. The standard InChI is InChI=1S/C20H25FN2O3/c21-17-3-1-15(2-4-17)13-23-18(24)5-7-20(23)8-10-22(11-9-20)19(25)16-6-12-26-14-16/h1-4,16H,5-14H2. The zero-order valence-corrected chi connectivity index (χ0v) is 15.0. The van der Waals surface area contributed by atoms with Crippen molar-refractivity contribution in [2.24, 2.45) is 5.92 Å². The van der Waals surface area contributed by atoms with Crippen molar-refractivity contribution in [3.05, 3.63) is 35.6 Å². The molecule has 1 aromatic carbocycles. The number of nitrogens with zero attached hydrogens (tertiary/aromatic N) is 2. The minimum Gasteiger partial charge on any atom is -0.381 e. The smallest absolute Gasteiger partial charge is 0.228 e. The third kappa shape index (κ3) is 3.22. The second-order valence-electron chi connectivity index (χ2n) is 7.72. The maximum atomic E-state index is 13.1. The Morgan fingerprint density at radius 3 is 2.58 bits per heavy atom. The molecular weight excluding hydrogens is 335 g/mol. The van der Waals surface area contributed by atoms with E-state index in [1.807, 2.05) is 9.80 Å². The number of hydrogen-bond donors (Lipinski definition) is 0. The van der Waals surface area contributed by atoms with Crippen molar-refractivity contribution >= 4 is 11.8 Å². The van der Waals surface area contributed by atoms with Crippen LogP contribution in [0.1, 0.15) is 37.7 Å². The number of piperidine rings is 1. The van der Waals surface area contributed by atoms with Gasteiger partial charge in [0, 0.05) is 38.2 Å². The monoisotopic (exact) mass is 360 g/mol. The third-order valence-electron chi connectivity index (χ3n) is 6.22. The van der Waals surface area contributed by atoms with Crippen molar-refractivity contribution in [1.29, 1.82) is 0 Å². The number of likely N-dealkylation sites (tertiary alicyclic amines) is 2. The van der Waals surface area contributed by atoms with Gasteiger partial charge in [0.2, 0.25) is 11.8 Å². The maximum absolute atomic E-state index is 13.1. The molecular formula is C20H25FN2O3. The Balaban J connectivity index is 1.43. The van der Waals surface area contributed by atoms with Gasteiger partial charge in [-0.1, -0.05) is 12.1 Å². The lowest BCUT2D eigenvalue weighted by Crippen LogP contribution is -2.54. The third-order valence-corrected chi connectivity index (χ3v) is 6.22. The molecule has 6 heteroatoms. The van der Waals surface area contributed by atoms with Crippen LogP contribution in [0.15, 0.2) is 24.3 Å². The van der Waals surface area contributed by atoms with Crippen LogP contribution in [0.2, 0.25) is 0 Å². The SMILES string of the molecule is O=C(C1CCOC1)N1CCC2(CCC(=O)N2Cc2ccc(F)cc2)CC1. The van der Waals surface area contributed by atoms with Crippen LogP contribution < -0.4 is 0 Å². The first kappa shape index (κ1) is 17.5. The van der Waals surface area contributed by atoms with Crippen molar-refractivity contribution in [1.82, 2.24) is 9.80 Å². The van der Waals surface area contributed by atoms with Crippen molar-refractivity contribution in [3.8, 4) is 0 Å². The van der Waals surface area contributed by atoms with Gasteiger partial charge in [-0.15, -0.1) is 0 Å². The average molecular weight is 360 g/mol. The maximum Gasteiger partial charge on any atom is 0.228 e. The average Bonchev–Trinajstić information content (AvgIpc) is 3.29. The van der Waals surface area contributed by atoms with E-state index in [9.17, 15) is 14.0 Å². The summed E-state index contributed by atoms with van der Waals surface area (Å²) in [5.41, 5.74) is 0.789. The van der Waals surface area contributed by atoms with E-state index in [0.717, 1.165) is 31.2 Å². The summed E-state index contributed by atoms with van der Waals surface area (Å²) in [5, 5.41) is 0. The fraction of sp³-hybridized carbons (Fsp3) is 0.600. The van der Waals surface area contributed by atoms with E-state index in [4.69, 9.17) is 4.74 Å². The first-order chi connectivity index (χ1) is 12.6. The molecule has 5 nitrogen and oxygen atoms in total. The second-order valence-corrected chi connectivity index (χ2v) is 7.72. The van der Waals surface area contributed by atoms with Gasteiger partial charge in [-0.05, 0) is 43.4 Å². The fourth-order valence-electron chi connectivity index (χ4n) is 4.55. The zero-order chi connectivity index (χ0) is 18.1. The number of ether oxygens (including phenoxy) is 1. The van der Waals surface area contributed by atoms with E-state index in [0.29, 0.717) is 39.3 Å². The number of hydrogen-bond acceptors (Lipinski definition) is 3. The lowest BCUT2D eigenvalue weighted by Gasteiger charge is -2.45. The molecule has 4 rings (SSSR count). The Morgan fingerprint density at radius 1 is 1.19 bits per heavy atom. The summed E-state index contributed by atoms with van der Waals surface area (Å²) < 4.78 is 18.5. The molecule has 3 aliphatic heterocycles. The number of amides is 2. The molecule has 0 saturated carbocycles. The Kier molecular flexibility index (Phi) is 4.69. The normalized spacial score (nSPS) is 25.3. The van der Waals surface area contributed by atoms with Crippen molar-refractivity contribution < 1.29 is 18.7 Å². The molecule has 0 N–H and O–H groups in total. The molecule has 3 heterocycles. The number of carbonyl (C=O) groups excluding carboxylic acids is 2. The molecule has 1 spiro atoms. The van der Waals surface area contributed by atoms with Crippen LogP contribution in [-0.4, -0.2) is 53.5 Å². The van der Waals surface area contributed by atoms with Crippen molar-refractivity contribution in [2.75, 3.05) is 26.3 Å². The van der Waals surface area contributed by atoms with E-state index in [1.54, 1.807) is 12.1 Å². The van der Waals surface area contributed by atoms with Gasteiger partial charge in [0.05, 0.1) is 12.5 Å². The summed E-state index contributed by atoms with van der Waals surface area (Å²) in [6.45, 7) is 3.12. The highest BCUT2D eigenvalue weighted by Gasteiger charge is 2.47. The van der Waals surface area contributed by atoms with Crippen LogP contribution in [0, 0.1) is 11.7 Å². The van der Waals surface area contributed by atoms with Crippen LogP contribution in [-0.2, 0) is 20.9 Å². The molecule has 140 valence electrons. The van der Waals surface area contributed by atoms with E-state index in [2.05, 4.69) is 0 Å². The van der Waals surface area contributed by atoms with Gasteiger partial charge in [0.1, 0.15) is 5.82 Å². The Labute approximate surface area is 153 Å². The van der Waals surface area contributed by atoms with Crippen LogP contribution in [0.5, 0.6) is 0 Å². The molecule has 1 unspecified atom stereocenters. The van der Waals surface area contributed by atoms with E-state index in [1.165, 1.54) is 12.1 Å². The predicted octanol–water partition coefficient (Wildman–Crippen LogP) is 2.35. The zero-order valence-electron chi connectivity index (χ0n) is 15.0. The summed E-state index contributed by atoms with van der Waals surface area (Å²) in [4.78, 5) is 29.0. The molecule has 26 heavy (non-hydrogen) atoms. The Bertz CT molecular complexity index is 677. The Hall–Kier alpha value is -1.95. The minimum absolute atomic E-state index is 0.00424. The van der Waals surface area contributed by atoms with Gasteiger partial charge in [-0.2, -0.15) is 0 Å². The van der Waals surface area contributed by atoms with Gasteiger partial charge in [0.25, 0.3) is 0 Å². The number of rotatable bonds is 3. The van der Waals surface area contributed by atoms with E-state index < -0.39 is 0 Å². The molecule has 0 aromatic heterocycles. The van der Waals surface area contributed by atoms with Gasteiger partial charge in [-0.25, -0.2) is 4.39 Å². The van der Waals surface area contributed by atoms with E-state index in [-0.39, 0.29) is 29.1 Å². The first-order valence-electron chi connectivity index (χ1n) is 9.49. The van der Waals surface area contributed by atoms with Crippen molar-refractivity contribution in [2.45, 2.75) is 44.2 Å². The van der Waals surface area contributed by atoms with Crippen molar-refractivity contribution in [3.63, 3.8) is 0 Å².